The van der Waals surface area contributed by atoms with E-state index in [4.69, 9.17) is 4.74 Å². The normalized spacial score (nSPS) is 16.9. The molecule has 2 aromatic rings. The maximum absolute atomic E-state index is 6.12. The van der Waals surface area contributed by atoms with Gasteiger partial charge < -0.3 is 15.0 Å². The van der Waals surface area contributed by atoms with Gasteiger partial charge in [0, 0.05) is 31.7 Å². The van der Waals surface area contributed by atoms with Gasteiger partial charge in [0.25, 0.3) is 0 Å². The minimum Gasteiger partial charge on any atom is -0.372 e. The van der Waals surface area contributed by atoms with Gasteiger partial charge in [-0.3, -0.25) is 9.98 Å². The molecular weight excluding hydrogens is 324 g/mol. The molecule has 1 aliphatic rings. The van der Waals surface area contributed by atoms with Crippen molar-refractivity contribution in [3.8, 4) is 0 Å². The van der Waals surface area contributed by atoms with E-state index in [0.29, 0.717) is 12.6 Å². The predicted octanol–water partition coefficient (Wildman–Crippen LogP) is 3.59. The minimum absolute atomic E-state index is 0.0766. The van der Waals surface area contributed by atoms with Gasteiger partial charge in [-0.05, 0) is 45.1 Å². The zero-order valence-corrected chi connectivity index (χ0v) is 16.3. The van der Waals surface area contributed by atoms with Crippen LogP contribution < -0.4 is 5.32 Å². The van der Waals surface area contributed by atoms with Crippen LogP contribution in [0.25, 0.3) is 10.8 Å². The first-order valence-electron chi connectivity index (χ1n) is 9.42. The fourth-order valence-electron chi connectivity index (χ4n) is 3.50. The quantitative estimate of drug-likeness (QED) is 0.676. The van der Waals surface area contributed by atoms with Gasteiger partial charge in [0.15, 0.2) is 5.96 Å². The molecule has 1 fully saturated rings. The summed E-state index contributed by atoms with van der Waals surface area (Å²) in [7, 11) is 1.84. The molecule has 2 heterocycles. The van der Waals surface area contributed by atoms with Crippen LogP contribution in [0.2, 0.25) is 0 Å². The lowest BCUT2D eigenvalue weighted by Crippen LogP contribution is -2.47. The third kappa shape index (κ3) is 4.73. The second kappa shape index (κ2) is 8.04. The predicted molar refractivity (Wildman–Crippen MR) is 107 cm³/mol. The molecule has 0 atom stereocenters. The number of hydrogen-bond acceptors (Lipinski definition) is 3. The number of rotatable bonds is 3. The Morgan fingerprint density at radius 2 is 1.96 bits per heavy atom. The number of hydrogen-bond donors (Lipinski definition) is 1. The van der Waals surface area contributed by atoms with E-state index in [1.807, 2.05) is 19.3 Å². The van der Waals surface area contributed by atoms with Crippen molar-refractivity contribution >= 4 is 16.7 Å². The number of piperidine rings is 1. The number of aliphatic imine (C=N–C) groups is 1. The van der Waals surface area contributed by atoms with E-state index in [1.165, 1.54) is 10.8 Å². The molecule has 0 unspecified atom stereocenters. The molecule has 1 aliphatic heterocycles. The summed E-state index contributed by atoms with van der Waals surface area (Å²) in [5, 5.41) is 5.89. The SMILES string of the molecule is CN=C(NCc1nccc2ccccc12)N1CCC(OC(C)(C)C)CC1. The van der Waals surface area contributed by atoms with Gasteiger partial charge in [-0.15, -0.1) is 0 Å². The second-order valence-corrected chi connectivity index (χ2v) is 7.80. The first kappa shape index (κ1) is 18.6. The standard InChI is InChI=1S/C21H30N4O/c1-21(2,3)26-17-10-13-25(14-11-17)20(22-4)24-15-19-18-8-6-5-7-16(18)9-12-23-19/h5-9,12,17H,10-11,13-15H2,1-4H3,(H,22,24). The molecule has 1 aromatic heterocycles. The Morgan fingerprint density at radius 3 is 2.65 bits per heavy atom. The Kier molecular flexibility index (Phi) is 5.77. The van der Waals surface area contributed by atoms with Gasteiger partial charge in [-0.1, -0.05) is 24.3 Å². The maximum atomic E-state index is 6.12. The topological polar surface area (TPSA) is 49.8 Å². The highest BCUT2D eigenvalue weighted by Crippen LogP contribution is 2.20. The first-order chi connectivity index (χ1) is 12.5. The number of fused-ring (bicyclic) bond motifs is 1. The highest BCUT2D eigenvalue weighted by Gasteiger charge is 2.25. The fraction of sp³-hybridized carbons (Fsp3) is 0.524. The summed E-state index contributed by atoms with van der Waals surface area (Å²) in [6.45, 7) is 8.96. The second-order valence-electron chi connectivity index (χ2n) is 7.80. The van der Waals surface area contributed by atoms with Crippen LogP contribution in [0, 0.1) is 0 Å². The zero-order chi connectivity index (χ0) is 18.6. The molecule has 0 aliphatic carbocycles. The van der Waals surface area contributed by atoms with Crippen molar-refractivity contribution in [1.82, 2.24) is 15.2 Å². The third-order valence-electron chi connectivity index (χ3n) is 4.64. The van der Waals surface area contributed by atoms with Crippen LogP contribution in [-0.4, -0.2) is 47.7 Å². The molecule has 0 saturated carbocycles. The van der Waals surface area contributed by atoms with E-state index >= 15 is 0 Å². The van der Waals surface area contributed by atoms with Crippen LogP contribution in [0.4, 0.5) is 0 Å². The zero-order valence-electron chi connectivity index (χ0n) is 16.3. The van der Waals surface area contributed by atoms with Gasteiger partial charge in [0.1, 0.15) is 0 Å². The Labute approximate surface area is 156 Å². The summed E-state index contributed by atoms with van der Waals surface area (Å²) in [6, 6.07) is 10.4. The summed E-state index contributed by atoms with van der Waals surface area (Å²) in [6.07, 6.45) is 4.27. The third-order valence-corrected chi connectivity index (χ3v) is 4.64. The summed E-state index contributed by atoms with van der Waals surface area (Å²) in [5.41, 5.74) is 0.975. The number of guanidine groups is 1. The molecule has 0 bridgehead atoms. The Balaban J connectivity index is 1.59. The highest BCUT2D eigenvalue weighted by atomic mass is 16.5. The van der Waals surface area contributed by atoms with E-state index in [1.54, 1.807) is 0 Å². The number of pyridine rings is 1. The Hall–Kier alpha value is -2.14. The van der Waals surface area contributed by atoms with Crippen LogP contribution in [0.15, 0.2) is 41.5 Å². The lowest BCUT2D eigenvalue weighted by Gasteiger charge is -2.36. The number of nitrogens with one attached hydrogen (secondary N) is 1. The van der Waals surface area contributed by atoms with Crippen molar-refractivity contribution in [1.29, 1.82) is 0 Å². The van der Waals surface area contributed by atoms with Crippen LogP contribution in [-0.2, 0) is 11.3 Å². The summed E-state index contributed by atoms with van der Waals surface area (Å²) >= 11 is 0. The maximum Gasteiger partial charge on any atom is 0.193 e. The molecule has 140 valence electrons. The number of benzene rings is 1. The average molecular weight is 354 g/mol. The molecule has 0 radical (unpaired) electrons. The van der Waals surface area contributed by atoms with Crippen LogP contribution in [0.1, 0.15) is 39.3 Å². The highest BCUT2D eigenvalue weighted by molar-refractivity contribution is 5.85. The van der Waals surface area contributed by atoms with E-state index < -0.39 is 0 Å². The number of likely N-dealkylation sites (tertiary alicyclic amines) is 1. The lowest BCUT2D eigenvalue weighted by atomic mass is 10.1. The van der Waals surface area contributed by atoms with Crippen molar-refractivity contribution < 1.29 is 4.74 Å². The van der Waals surface area contributed by atoms with Crippen molar-refractivity contribution in [2.24, 2.45) is 4.99 Å². The van der Waals surface area contributed by atoms with Gasteiger partial charge >= 0.3 is 0 Å². The molecule has 1 saturated heterocycles. The molecule has 5 nitrogen and oxygen atoms in total. The molecule has 1 aromatic carbocycles. The first-order valence-corrected chi connectivity index (χ1v) is 9.42. The minimum atomic E-state index is -0.0766. The summed E-state index contributed by atoms with van der Waals surface area (Å²) in [5.74, 6) is 0.939. The van der Waals surface area contributed by atoms with Crippen molar-refractivity contribution in [3.05, 3.63) is 42.2 Å². The summed E-state index contributed by atoms with van der Waals surface area (Å²) in [4.78, 5) is 11.3. The molecule has 0 spiro atoms. The van der Waals surface area contributed by atoms with Crippen molar-refractivity contribution in [2.45, 2.75) is 51.9 Å². The van der Waals surface area contributed by atoms with Crippen molar-refractivity contribution in [2.75, 3.05) is 20.1 Å². The number of nitrogens with zero attached hydrogens (tertiary/aromatic N) is 3. The molecule has 26 heavy (non-hydrogen) atoms. The molecule has 0 amide bonds. The molecule has 1 N–H and O–H groups in total. The fourth-order valence-corrected chi connectivity index (χ4v) is 3.50. The van der Waals surface area contributed by atoms with E-state index in [2.05, 4.69) is 65.2 Å². The largest absolute Gasteiger partial charge is 0.372 e. The van der Waals surface area contributed by atoms with Gasteiger partial charge in [0.2, 0.25) is 0 Å². The average Bonchev–Trinajstić information content (AvgIpc) is 2.62. The number of aromatic nitrogens is 1. The monoisotopic (exact) mass is 354 g/mol. The molecule has 5 heteroatoms. The van der Waals surface area contributed by atoms with Gasteiger partial charge in [-0.25, -0.2) is 0 Å². The number of ether oxygens (including phenoxy) is 1. The van der Waals surface area contributed by atoms with E-state index in [0.717, 1.165) is 37.6 Å². The van der Waals surface area contributed by atoms with Crippen LogP contribution in [0.3, 0.4) is 0 Å². The van der Waals surface area contributed by atoms with Crippen LogP contribution >= 0.6 is 0 Å². The van der Waals surface area contributed by atoms with Crippen LogP contribution in [0.5, 0.6) is 0 Å². The molecular formula is C21H30N4O. The van der Waals surface area contributed by atoms with Gasteiger partial charge in [-0.2, -0.15) is 0 Å². The smallest absolute Gasteiger partial charge is 0.193 e. The Morgan fingerprint density at radius 1 is 1.23 bits per heavy atom. The van der Waals surface area contributed by atoms with Crippen molar-refractivity contribution in [3.63, 3.8) is 0 Å². The Bertz CT molecular complexity index is 753. The van der Waals surface area contributed by atoms with E-state index in [9.17, 15) is 0 Å². The van der Waals surface area contributed by atoms with E-state index in [-0.39, 0.29) is 5.60 Å². The van der Waals surface area contributed by atoms with Gasteiger partial charge in [0.05, 0.1) is 23.9 Å². The summed E-state index contributed by atoms with van der Waals surface area (Å²) < 4.78 is 6.12. The lowest BCUT2D eigenvalue weighted by molar-refractivity contribution is -0.0772. The molecule has 3 rings (SSSR count).